The quantitative estimate of drug-likeness (QED) is 0.846. The number of hydrogen-bond acceptors (Lipinski definition) is 4. The topological polar surface area (TPSA) is 87.7 Å². The number of benzene rings is 2. The lowest BCUT2D eigenvalue weighted by Gasteiger charge is -2.28. The molecule has 2 aromatic rings. The minimum atomic E-state index is -1.42. The summed E-state index contributed by atoms with van der Waals surface area (Å²) < 4.78 is 5.10. The smallest absolute Gasteiger partial charge is 0.257 e. The van der Waals surface area contributed by atoms with Crippen molar-refractivity contribution in [3.63, 3.8) is 0 Å². The van der Waals surface area contributed by atoms with Gasteiger partial charge in [-0.15, -0.1) is 0 Å². The molecule has 2 aromatic carbocycles. The second-order valence-corrected chi connectivity index (χ2v) is 6.42. The molecule has 7 heteroatoms. The fourth-order valence-electron chi connectivity index (χ4n) is 3.39. The lowest BCUT2D eigenvalue weighted by molar-refractivity contribution is -0.133. The SMILES string of the molecule is COc1ccc(NC(=O)C[C@@]2(NC(C)=O)C(=O)N(C)c3ccccc32)cc1. The maximum Gasteiger partial charge on any atom is 0.257 e. The van der Waals surface area contributed by atoms with Crippen LogP contribution in [0.5, 0.6) is 5.75 Å². The molecule has 0 spiro atoms. The van der Waals surface area contributed by atoms with Gasteiger partial charge in [-0.2, -0.15) is 0 Å². The Morgan fingerprint density at radius 1 is 1.11 bits per heavy atom. The Labute approximate surface area is 157 Å². The van der Waals surface area contributed by atoms with E-state index in [-0.39, 0.29) is 24.1 Å². The van der Waals surface area contributed by atoms with Crippen LogP contribution >= 0.6 is 0 Å². The highest BCUT2D eigenvalue weighted by Gasteiger charge is 2.51. The van der Waals surface area contributed by atoms with Gasteiger partial charge >= 0.3 is 0 Å². The molecule has 0 aliphatic carbocycles. The van der Waals surface area contributed by atoms with Crippen molar-refractivity contribution >= 4 is 29.1 Å². The first-order valence-electron chi connectivity index (χ1n) is 8.47. The van der Waals surface area contributed by atoms with E-state index in [2.05, 4.69) is 10.6 Å². The number of carbonyl (C=O) groups is 3. The highest BCUT2D eigenvalue weighted by atomic mass is 16.5. The number of amides is 3. The van der Waals surface area contributed by atoms with Crippen LogP contribution < -0.4 is 20.3 Å². The average Bonchev–Trinajstić information content (AvgIpc) is 2.84. The third-order valence-corrected chi connectivity index (χ3v) is 4.58. The maximum absolute atomic E-state index is 13.0. The third kappa shape index (κ3) is 3.36. The van der Waals surface area contributed by atoms with Gasteiger partial charge < -0.3 is 20.3 Å². The second-order valence-electron chi connectivity index (χ2n) is 6.42. The molecule has 0 aromatic heterocycles. The zero-order chi connectivity index (χ0) is 19.6. The van der Waals surface area contributed by atoms with Gasteiger partial charge in [0.15, 0.2) is 5.54 Å². The summed E-state index contributed by atoms with van der Waals surface area (Å²) in [6.45, 7) is 1.33. The molecule has 1 atom stereocenters. The molecule has 27 heavy (non-hydrogen) atoms. The van der Waals surface area contributed by atoms with Crippen LogP contribution in [0.1, 0.15) is 18.9 Å². The molecule has 3 rings (SSSR count). The summed E-state index contributed by atoms with van der Waals surface area (Å²) in [6.07, 6.45) is -0.210. The van der Waals surface area contributed by atoms with Gasteiger partial charge in [0.25, 0.3) is 5.91 Å². The molecular formula is C20H21N3O4. The standard InChI is InChI=1S/C20H21N3O4/c1-13(24)22-20(16-6-4-5-7-17(16)23(2)19(20)26)12-18(25)21-14-8-10-15(27-3)11-9-14/h4-11H,12H2,1-3H3,(H,21,25)(H,22,24)/t20-/m0/s1. The lowest BCUT2D eigenvalue weighted by atomic mass is 9.87. The van der Waals surface area contributed by atoms with Crippen molar-refractivity contribution < 1.29 is 19.1 Å². The van der Waals surface area contributed by atoms with E-state index in [0.717, 1.165) is 0 Å². The number of rotatable bonds is 5. The van der Waals surface area contributed by atoms with E-state index in [1.807, 2.05) is 6.07 Å². The molecule has 1 heterocycles. The van der Waals surface area contributed by atoms with Gasteiger partial charge in [0.05, 0.1) is 13.5 Å². The van der Waals surface area contributed by atoms with Crippen LogP contribution in [0.2, 0.25) is 0 Å². The summed E-state index contributed by atoms with van der Waals surface area (Å²) in [5, 5.41) is 5.48. The summed E-state index contributed by atoms with van der Waals surface area (Å²) in [4.78, 5) is 39.0. The molecule has 0 bridgehead atoms. The van der Waals surface area contributed by atoms with E-state index in [4.69, 9.17) is 4.74 Å². The lowest BCUT2D eigenvalue weighted by Crippen LogP contribution is -2.53. The van der Waals surface area contributed by atoms with E-state index < -0.39 is 5.54 Å². The van der Waals surface area contributed by atoms with Crippen molar-refractivity contribution in [1.29, 1.82) is 0 Å². The second kappa shape index (κ2) is 7.11. The van der Waals surface area contributed by atoms with Crippen LogP contribution in [0.4, 0.5) is 11.4 Å². The Bertz CT molecular complexity index is 894. The molecule has 2 N–H and O–H groups in total. The van der Waals surface area contributed by atoms with Crippen molar-refractivity contribution in [3.05, 3.63) is 54.1 Å². The van der Waals surface area contributed by atoms with Crippen LogP contribution in [0, 0.1) is 0 Å². The Balaban J connectivity index is 1.90. The van der Waals surface area contributed by atoms with E-state index in [0.29, 0.717) is 22.7 Å². The number of anilines is 2. The Kier molecular flexibility index (Phi) is 4.85. The van der Waals surface area contributed by atoms with Gasteiger partial charge in [0.2, 0.25) is 11.8 Å². The van der Waals surface area contributed by atoms with Crippen molar-refractivity contribution in [3.8, 4) is 5.75 Å². The summed E-state index contributed by atoms with van der Waals surface area (Å²) in [6, 6.07) is 14.0. The average molecular weight is 367 g/mol. The number of para-hydroxylation sites is 1. The monoisotopic (exact) mass is 367 g/mol. The van der Waals surface area contributed by atoms with Crippen LogP contribution in [0.25, 0.3) is 0 Å². The summed E-state index contributed by atoms with van der Waals surface area (Å²) in [5.41, 5.74) is 0.435. The molecule has 7 nitrogen and oxygen atoms in total. The highest BCUT2D eigenvalue weighted by molar-refractivity contribution is 6.11. The predicted octanol–water partition coefficient (Wildman–Crippen LogP) is 2.03. The molecule has 3 amide bonds. The Morgan fingerprint density at radius 2 is 1.78 bits per heavy atom. The minimum Gasteiger partial charge on any atom is -0.497 e. The van der Waals surface area contributed by atoms with Crippen molar-refractivity contribution in [2.45, 2.75) is 18.9 Å². The number of hydrogen-bond donors (Lipinski definition) is 2. The van der Waals surface area contributed by atoms with Gasteiger partial charge in [-0.25, -0.2) is 0 Å². The number of nitrogens with one attached hydrogen (secondary N) is 2. The van der Waals surface area contributed by atoms with E-state index in [1.165, 1.54) is 11.8 Å². The molecule has 1 aliphatic rings. The molecule has 0 saturated carbocycles. The van der Waals surface area contributed by atoms with Gasteiger partial charge in [0.1, 0.15) is 5.75 Å². The Hall–Kier alpha value is -3.35. The fraction of sp³-hybridized carbons (Fsp3) is 0.250. The first kappa shape index (κ1) is 18.4. The van der Waals surface area contributed by atoms with Gasteiger partial charge in [-0.05, 0) is 30.3 Å². The molecule has 0 saturated heterocycles. The summed E-state index contributed by atoms with van der Waals surface area (Å²) in [5.74, 6) is -0.439. The number of nitrogens with zero attached hydrogens (tertiary/aromatic N) is 1. The van der Waals surface area contributed by atoms with Crippen molar-refractivity contribution in [1.82, 2.24) is 5.32 Å². The predicted molar refractivity (Wildman–Crippen MR) is 102 cm³/mol. The number of likely N-dealkylation sites (N-methyl/N-ethyl adjacent to an activating group) is 1. The number of methoxy groups -OCH3 is 1. The van der Waals surface area contributed by atoms with Crippen LogP contribution in [-0.4, -0.2) is 31.9 Å². The molecule has 0 unspecified atom stereocenters. The first-order valence-corrected chi connectivity index (χ1v) is 8.47. The number of ether oxygens (including phenoxy) is 1. The van der Waals surface area contributed by atoms with Crippen LogP contribution in [-0.2, 0) is 19.9 Å². The highest BCUT2D eigenvalue weighted by Crippen LogP contribution is 2.41. The van der Waals surface area contributed by atoms with Gasteiger partial charge in [-0.1, -0.05) is 18.2 Å². The molecule has 0 fully saturated rings. The van der Waals surface area contributed by atoms with Crippen LogP contribution in [0.15, 0.2) is 48.5 Å². The summed E-state index contributed by atoms with van der Waals surface area (Å²) >= 11 is 0. The van der Waals surface area contributed by atoms with Gasteiger partial charge in [0, 0.05) is 30.9 Å². The van der Waals surface area contributed by atoms with E-state index >= 15 is 0 Å². The van der Waals surface area contributed by atoms with Gasteiger partial charge in [-0.3, -0.25) is 14.4 Å². The molecular weight excluding hydrogens is 346 g/mol. The van der Waals surface area contributed by atoms with Crippen molar-refractivity contribution in [2.75, 3.05) is 24.4 Å². The molecule has 0 radical (unpaired) electrons. The largest absolute Gasteiger partial charge is 0.497 e. The number of carbonyl (C=O) groups excluding carboxylic acids is 3. The van der Waals surface area contributed by atoms with E-state index in [9.17, 15) is 14.4 Å². The van der Waals surface area contributed by atoms with Crippen LogP contribution in [0.3, 0.4) is 0 Å². The number of fused-ring (bicyclic) bond motifs is 1. The Morgan fingerprint density at radius 3 is 2.41 bits per heavy atom. The fourth-order valence-corrected chi connectivity index (χ4v) is 3.39. The maximum atomic E-state index is 13.0. The summed E-state index contributed by atoms with van der Waals surface area (Å²) in [7, 11) is 3.19. The molecule has 1 aliphatic heterocycles. The zero-order valence-electron chi connectivity index (χ0n) is 15.4. The minimum absolute atomic E-state index is 0.210. The normalized spacial score (nSPS) is 18.0. The van der Waals surface area contributed by atoms with Crippen molar-refractivity contribution in [2.24, 2.45) is 0 Å². The zero-order valence-corrected chi connectivity index (χ0v) is 15.4. The van der Waals surface area contributed by atoms with E-state index in [1.54, 1.807) is 56.6 Å². The first-order chi connectivity index (χ1) is 12.9. The molecule has 140 valence electrons. The third-order valence-electron chi connectivity index (χ3n) is 4.58.